The number of anilines is 1. The molecule has 0 saturated heterocycles. The normalized spacial score (nSPS) is 13.4. The molecule has 0 unspecified atom stereocenters. The summed E-state index contributed by atoms with van der Waals surface area (Å²) >= 11 is 5.99. The Kier molecular flexibility index (Phi) is 3.88. The van der Waals surface area contributed by atoms with E-state index in [1.807, 2.05) is 6.07 Å². The summed E-state index contributed by atoms with van der Waals surface area (Å²) < 4.78 is 38.0. The number of para-hydroxylation sites is 1. The van der Waals surface area contributed by atoms with Gasteiger partial charge in [0.2, 0.25) is 0 Å². The molecule has 0 amide bonds. The zero-order valence-electron chi connectivity index (χ0n) is 11.8. The number of nitrogens with one attached hydrogen (secondary N) is 1. The lowest BCUT2D eigenvalue weighted by molar-refractivity contribution is 0.358. The fourth-order valence-electron chi connectivity index (χ4n) is 2.31. The van der Waals surface area contributed by atoms with Crippen LogP contribution >= 0.6 is 11.6 Å². The molecule has 0 saturated carbocycles. The molecule has 0 aliphatic carbocycles. The molecule has 1 aliphatic heterocycles. The van der Waals surface area contributed by atoms with Gasteiger partial charge in [-0.1, -0.05) is 23.7 Å². The van der Waals surface area contributed by atoms with Gasteiger partial charge in [0.1, 0.15) is 11.5 Å². The highest BCUT2D eigenvalue weighted by Gasteiger charge is 2.21. The molecule has 0 aromatic heterocycles. The summed E-state index contributed by atoms with van der Waals surface area (Å²) in [6.07, 6.45) is 0.777. The first-order chi connectivity index (χ1) is 10.5. The largest absolute Gasteiger partial charge is 0.495 e. The maximum absolute atomic E-state index is 12.5. The zero-order valence-corrected chi connectivity index (χ0v) is 13.4. The third-order valence-corrected chi connectivity index (χ3v) is 5.05. The third kappa shape index (κ3) is 2.71. The number of hydrogen-bond donors (Lipinski definition) is 1. The molecule has 1 heterocycles. The van der Waals surface area contributed by atoms with Crippen LogP contribution in [-0.2, 0) is 16.4 Å². The topological polar surface area (TPSA) is 64.6 Å². The molecule has 0 atom stereocenters. The number of sulfonamides is 1. The van der Waals surface area contributed by atoms with Crippen LogP contribution < -0.4 is 14.2 Å². The van der Waals surface area contributed by atoms with Crippen molar-refractivity contribution in [3.63, 3.8) is 0 Å². The van der Waals surface area contributed by atoms with E-state index in [2.05, 4.69) is 4.72 Å². The Morgan fingerprint density at radius 3 is 2.82 bits per heavy atom. The molecule has 0 radical (unpaired) electrons. The Morgan fingerprint density at radius 2 is 2.09 bits per heavy atom. The van der Waals surface area contributed by atoms with Crippen LogP contribution in [0.25, 0.3) is 0 Å². The highest BCUT2D eigenvalue weighted by atomic mass is 35.5. The average molecular weight is 340 g/mol. The molecular formula is C15H14ClNO4S. The lowest BCUT2D eigenvalue weighted by atomic mass is 10.1. The third-order valence-electron chi connectivity index (χ3n) is 3.39. The summed E-state index contributed by atoms with van der Waals surface area (Å²) in [5, 5.41) is 0.236. The monoisotopic (exact) mass is 339 g/mol. The van der Waals surface area contributed by atoms with E-state index in [4.69, 9.17) is 21.1 Å². The van der Waals surface area contributed by atoms with Gasteiger partial charge in [-0.05, 0) is 29.8 Å². The Balaban J connectivity index is 1.95. The van der Waals surface area contributed by atoms with Crippen molar-refractivity contribution in [3.05, 3.63) is 47.0 Å². The van der Waals surface area contributed by atoms with Crippen molar-refractivity contribution in [1.29, 1.82) is 0 Å². The van der Waals surface area contributed by atoms with Crippen molar-refractivity contribution in [2.24, 2.45) is 0 Å². The molecule has 0 fully saturated rings. The van der Waals surface area contributed by atoms with Gasteiger partial charge in [0.15, 0.2) is 0 Å². The van der Waals surface area contributed by atoms with Crippen LogP contribution in [0.5, 0.6) is 11.5 Å². The minimum atomic E-state index is -3.75. The number of methoxy groups -OCH3 is 1. The maximum atomic E-state index is 12.5. The highest BCUT2D eigenvalue weighted by molar-refractivity contribution is 7.92. The number of rotatable bonds is 4. The van der Waals surface area contributed by atoms with Gasteiger partial charge >= 0.3 is 0 Å². The molecule has 22 heavy (non-hydrogen) atoms. The first-order valence-corrected chi connectivity index (χ1v) is 8.48. The Morgan fingerprint density at radius 1 is 1.27 bits per heavy atom. The van der Waals surface area contributed by atoms with Crippen LogP contribution in [0.4, 0.5) is 5.69 Å². The average Bonchev–Trinajstić information content (AvgIpc) is 2.96. The van der Waals surface area contributed by atoms with Crippen molar-refractivity contribution in [2.75, 3.05) is 18.4 Å². The van der Waals surface area contributed by atoms with E-state index in [1.165, 1.54) is 25.3 Å². The molecule has 0 spiro atoms. The first-order valence-electron chi connectivity index (χ1n) is 6.62. The smallest absolute Gasteiger partial charge is 0.262 e. The molecular weight excluding hydrogens is 326 g/mol. The van der Waals surface area contributed by atoms with Gasteiger partial charge < -0.3 is 9.47 Å². The van der Waals surface area contributed by atoms with E-state index in [-0.39, 0.29) is 9.92 Å². The minimum Gasteiger partial charge on any atom is -0.495 e. The van der Waals surface area contributed by atoms with Crippen molar-refractivity contribution >= 4 is 27.3 Å². The predicted octanol–water partition coefficient (Wildman–Crippen LogP) is 3.08. The number of fused-ring (bicyclic) bond motifs is 1. The van der Waals surface area contributed by atoms with Gasteiger partial charge in [0.25, 0.3) is 10.0 Å². The van der Waals surface area contributed by atoms with Crippen LogP contribution in [0, 0.1) is 0 Å². The molecule has 2 aromatic carbocycles. The highest BCUT2D eigenvalue weighted by Crippen LogP contribution is 2.35. The van der Waals surface area contributed by atoms with Gasteiger partial charge in [-0.2, -0.15) is 0 Å². The summed E-state index contributed by atoms with van der Waals surface area (Å²) in [6, 6.07) is 9.70. The van der Waals surface area contributed by atoms with Crippen molar-refractivity contribution in [3.8, 4) is 11.5 Å². The van der Waals surface area contributed by atoms with Crippen LogP contribution in [-0.4, -0.2) is 22.1 Å². The summed E-state index contributed by atoms with van der Waals surface area (Å²) in [4.78, 5) is 0.0638. The molecule has 3 rings (SSSR count). The molecule has 1 aliphatic rings. The van der Waals surface area contributed by atoms with Gasteiger partial charge in [0.05, 0.1) is 29.3 Å². The van der Waals surface area contributed by atoms with E-state index in [0.29, 0.717) is 23.8 Å². The van der Waals surface area contributed by atoms with E-state index >= 15 is 0 Å². The van der Waals surface area contributed by atoms with E-state index < -0.39 is 10.0 Å². The quantitative estimate of drug-likeness (QED) is 0.929. The SMILES string of the molecule is COc1ccc(S(=O)(=O)Nc2cccc3c2OCC3)cc1Cl. The first kappa shape index (κ1) is 15.0. The van der Waals surface area contributed by atoms with Gasteiger partial charge in [-0.15, -0.1) is 0 Å². The summed E-state index contributed by atoms with van der Waals surface area (Å²) in [5.41, 5.74) is 1.43. The van der Waals surface area contributed by atoms with Crippen LogP contribution in [0.2, 0.25) is 5.02 Å². The van der Waals surface area contributed by atoms with Crippen LogP contribution in [0.3, 0.4) is 0 Å². The molecule has 1 N–H and O–H groups in total. The van der Waals surface area contributed by atoms with Crippen LogP contribution in [0.15, 0.2) is 41.3 Å². The van der Waals surface area contributed by atoms with Gasteiger partial charge in [0, 0.05) is 6.42 Å². The molecule has 2 aromatic rings. The van der Waals surface area contributed by atoms with Crippen molar-refractivity contribution < 1.29 is 17.9 Å². The summed E-state index contributed by atoms with van der Waals surface area (Å²) in [5.74, 6) is 1.01. The summed E-state index contributed by atoms with van der Waals surface area (Å²) in [7, 11) is -2.28. The minimum absolute atomic E-state index is 0.0638. The van der Waals surface area contributed by atoms with Gasteiger partial charge in [-0.25, -0.2) is 8.42 Å². The second-order valence-electron chi connectivity index (χ2n) is 4.79. The van der Waals surface area contributed by atoms with E-state index in [1.54, 1.807) is 12.1 Å². The second kappa shape index (κ2) is 5.70. The van der Waals surface area contributed by atoms with Crippen LogP contribution in [0.1, 0.15) is 5.56 Å². The van der Waals surface area contributed by atoms with Crippen molar-refractivity contribution in [2.45, 2.75) is 11.3 Å². The fraction of sp³-hybridized carbons (Fsp3) is 0.200. The standard InChI is InChI=1S/C15H14ClNO4S/c1-20-14-6-5-11(9-12(14)16)22(18,19)17-13-4-2-3-10-7-8-21-15(10)13/h2-6,9,17H,7-8H2,1H3. The number of benzene rings is 2. The number of ether oxygens (including phenoxy) is 2. The lowest BCUT2D eigenvalue weighted by Crippen LogP contribution is -2.13. The molecule has 7 heteroatoms. The maximum Gasteiger partial charge on any atom is 0.262 e. The van der Waals surface area contributed by atoms with Gasteiger partial charge in [-0.3, -0.25) is 4.72 Å². The molecule has 116 valence electrons. The van der Waals surface area contributed by atoms with E-state index in [9.17, 15) is 8.42 Å². The Hall–Kier alpha value is -1.92. The second-order valence-corrected chi connectivity index (χ2v) is 6.88. The van der Waals surface area contributed by atoms with E-state index in [0.717, 1.165) is 12.0 Å². The van der Waals surface area contributed by atoms with Crippen molar-refractivity contribution in [1.82, 2.24) is 0 Å². The summed E-state index contributed by atoms with van der Waals surface area (Å²) in [6.45, 7) is 0.558. The Labute approximate surface area is 133 Å². The zero-order chi connectivity index (χ0) is 15.7. The fourth-order valence-corrected chi connectivity index (χ4v) is 3.72. The number of halogens is 1. The number of hydrogen-bond acceptors (Lipinski definition) is 4. The molecule has 0 bridgehead atoms. The molecule has 5 nitrogen and oxygen atoms in total. The lowest BCUT2D eigenvalue weighted by Gasteiger charge is -2.12. The Bertz CT molecular complexity index is 820. The predicted molar refractivity (Wildman–Crippen MR) is 84.5 cm³/mol.